The summed E-state index contributed by atoms with van der Waals surface area (Å²) in [4.78, 5) is 4.72. The highest BCUT2D eigenvalue weighted by atomic mass is 32.2. The molecule has 1 fully saturated rings. The molecule has 146 valence electrons. The lowest BCUT2D eigenvalue weighted by atomic mass is 9.84. The Labute approximate surface area is 170 Å². The van der Waals surface area contributed by atoms with Crippen LogP contribution in [0.2, 0.25) is 0 Å². The Hall–Kier alpha value is -2.18. The third-order valence-corrected chi connectivity index (χ3v) is 7.58. The molecule has 0 saturated heterocycles. The molecule has 0 atom stereocenters. The summed E-state index contributed by atoms with van der Waals surface area (Å²) in [6, 6.07) is 15.4. The summed E-state index contributed by atoms with van der Waals surface area (Å²) in [5.41, 5.74) is 4.23. The monoisotopic (exact) mass is 412 g/mol. The van der Waals surface area contributed by atoms with E-state index in [4.69, 9.17) is 0 Å². The van der Waals surface area contributed by atoms with Crippen LogP contribution in [-0.2, 0) is 10.0 Å². The third-order valence-electron chi connectivity index (χ3n) is 5.34. The Morgan fingerprint density at radius 2 is 1.64 bits per heavy atom. The van der Waals surface area contributed by atoms with Gasteiger partial charge in [-0.1, -0.05) is 61.2 Å². The minimum atomic E-state index is -3.62. The van der Waals surface area contributed by atoms with Crippen LogP contribution in [0.25, 0.3) is 11.3 Å². The summed E-state index contributed by atoms with van der Waals surface area (Å²) < 4.78 is 27.7. The van der Waals surface area contributed by atoms with Gasteiger partial charge in [0.05, 0.1) is 10.6 Å². The molecule has 4 nitrogen and oxygen atoms in total. The largest absolute Gasteiger partial charge is 0.263 e. The summed E-state index contributed by atoms with van der Waals surface area (Å²) in [6.45, 7) is 1.93. The van der Waals surface area contributed by atoms with Crippen molar-refractivity contribution in [2.24, 2.45) is 0 Å². The van der Waals surface area contributed by atoms with Gasteiger partial charge in [0.1, 0.15) is 0 Å². The molecule has 0 bridgehead atoms. The zero-order valence-electron chi connectivity index (χ0n) is 15.9. The number of sulfonamides is 1. The predicted molar refractivity (Wildman–Crippen MR) is 115 cm³/mol. The zero-order chi connectivity index (χ0) is 19.6. The van der Waals surface area contributed by atoms with E-state index in [0.29, 0.717) is 11.0 Å². The van der Waals surface area contributed by atoms with Gasteiger partial charge in [0.2, 0.25) is 0 Å². The van der Waals surface area contributed by atoms with Crippen LogP contribution in [0, 0.1) is 6.92 Å². The van der Waals surface area contributed by atoms with Crippen molar-refractivity contribution in [1.29, 1.82) is 0 Å². The highest BCUT2D eigenvalue weighted by Gasteiger charge is 2.17. The average Bonchev–Trinajstić information content (AvgIpc) is 3.17. The molecule has 6 heteroatoms. The van der Waals surface area contributed by atoms with Crippen molar-refractivity contribution in [2.75, 3.05) is 4.72 Å². The number of nitrogens with one attached hydrogen (secondary N) is 1. The van der Waals surface area contributed by atoms with Crippen LogP contribution < -0.4 is 4.72 Å². The maximum Gasteiger partial charge on any atom is 0.263 e. The van der Waals surface area contributed by atoms with Crippen molar-refractivity contribution >= 4 is 26.5 Å². The number of aryl methyl sites for hydroxylation is 1. The summed E-state index contributed by atoms with van der Waals surface area (Å²) >= 11 is 1.30. The Morgan fingerprint density at radius 1 is 0.964 bits per heavy atom. The Balaban J connectivity index is 1.48. The number of hydrogen-bond donors (Lipinski definition) is 1. The lowest BCUT2D eigenvalue weighted by Crippen LogP contribution is -2.12. The summed E-state index contributed by atoms with van der Waals surface area (Å²) in [6.07, 6.45) is 6.56. The number of benzene rings is 2. The fourth-order valence-corrected chi connectivity index (χ4v) is 5.68. The first-order valence-electron chi connectivity index (χ1n) is 9.67. The fourth-order valence-electron chi connectivity index (χ4n) is 3.71. The molecule has 1 heterocycles. The van der Waals surface area contributed by atoms with Crippen LogP contribution >= 0.6 is 11.3 Å². The standard InChI is InChI=1S/C22H24N2O2S2/c1-16-7-13-20(14-8-16)28(25,26)24-22-23-21(15-27-22)19-11-9-18(10-12-19)17-5-3-2-4-6-17/h7-15,17H,2-6H2,1H3,(H,23,24). The number of thiazole rings is 1. The number of hydrogen-bond acceptors (Lipinski definition) is 4. The molecule has 1 saturated carbocycles. The van der Waals surface area contributed by atoms with E-state index in [-0.39, 0.29) is 4.90 Å². The summed E-state index contributed by atoms with van der Waals surface area (Å²) in [7, 11) is -3.62. The summed E-state index contributed by atoms with van der Waals surface area (Å²) in [5, 5.41) is 2.27. The van der Waals surface area contributed by atoms with Crippen molar-refractivity contribution in [1.82, 2.24) is 4.98 Å². The van der Waals surface area contributed by atoms with Crippen LogP contribution in [0.5, 0.6) is 0 Å². The SMILES string of the molecule is Cc1ccc(S(=O)(=O)Nc2nc(-c3ccc(C4CCCCC4)cc3)cs2)cc1. The smallest absolute Gasteiger partial charge is 0.255 e. The topological polar surface area (TPSA) is 59.1 Å². The molecule has 0 spiro atoms. The van der Waals surface area contributed by atoms with Crippen LogP contribution in [0.3, 0.4) is 0 Å². The van der Waals surface area contributed by atoms with Crippen molar-refractivity contribution < 1.29 is 8.42 Å². The Morgan fingerprint density at radius 3 is 2.32 bits per heavy atom. The number of aromatic nitrogens is 1. The van der Waals surface area contributed by atoms with Gasteiger partial charge in [-0.15, -0.1) is 11.3 Å². The minimum absolute atomic E-state index is 0.242. The molecule has 1 aliphatic rings. The van der Waals surface area contributed by atoms with Crippen LogP contribution in [0.15, 0.2) is 58.8 Å². The molecule has 3 aromatic rings. The predicted octanol–water partition coefficient (Wildman–Crippen LogP) is 5.97. The van der Waals surface area contributed by atoms with Crippen LogP contribution in [0.4, 0.5) is 5.13 Å². The molecule has 0 aliphatic heterocycles. The van der Waals surface area contributed by atoms with Gasteiger partial charge in [-0.05, 0) is 43.4 Å². The molecular weight excluding hydrogens is 388 g/mol. The van der Waals surface area contributed by atoms with Gasteiger partial charge in [-0.2, -0.15) is 0 Å². The first-order valence-corrected chi connectivity index (χ1v) is 12.0. The summed E-state index contributed by atoms with van der Waals surface area (Å²) in [5.74, 6) is 0.676. The number of anilines is 1. The van der Waals surface area contributed by atoms with Crippen molar-refractivity contribution in [3.8, 4) is 11.3 Å². The Bertz CT molecular complexity index is 1030. The molecule has 2 aromatic carbocycles. The second-order valence-electron chi connectivity index (χ2n) is 7.41. The maximum absolute atomic E-state index is 12.5. The van der Waals surface area contributed by atoms with Gasteiger partial charge in [0, 0.05) is 10.9 Å². The lowest BCUT2D eigenvalue weighted by molar-refractivity contribution is 0.443. The number of nitrogens with zero attached hydrogens (tertiary/aromatic N) is 1. The fraction of sp³-hybridized carbons (Fsp3) is 0.318. The highest BCUT2D eigenvalue weighted by molar-refractivity contribution is 7.93. The molecule has 0 amide bonds. The van der Waals surface area contributed by atoms with Gasteiger partial charge < -0.3 is 0 Å². The molecule has 28 heavy (non-hydrogen) atoms. The minimum Gasteiger partial charge on any atom is -0.255 e. The van der Waals surface area contributed by atoms with E-state index < -0.39 is 10.0 Å². The van der Waals surface area contributed by atoms with E-state index in [1.54, 1.807) is 24.3 Å². The van der Waals surface area contributed by atoms with Crippen molar-refractivity contribution in [3.63, 3.8) is 0 Å². The van der Waals surface area contributed by atoms with E-state index in [1.165, 1.54) is 49.0 Å². The second-order valence-corrected chi connectivity index (χ2v) is 9.95. The first-order chi connectivity index (χ1) is 13.5. The second kappa shape index (κ2) is 8.05. The van der Waals surface area contributed by atoms with Crippen LogP contribution in [0.1, 0.15) is 49.1 Å². The molecular formula is C22H24N2O2S2. The molecule has 1 N–H and O–H groups in total. The van der Waals surface area contributed by atoms with Crippen molar-refractivity contribution in [2.45, 2.75) is 49.8 Å². The van der Waals surface area contributed by atoms with Crippen LogP contribution in [-0.4, -0.2) is 13.4 Å². The van der Waals surface area contributed by atoms with E-state index in [0.717, 1.165) is 16.8 Å². The van der Waals surface area contributed by atoms with Gasteiger partial charge >= 0.3 is 0 Å². The van der Waals surface area contributed by atoms with Crippen molar-refractivity contribution in [3.05, 3.63) is 65.0 Å². The lowest BCUT2D eigenvalue weighted by Gasteiger charge is -2.22. The maximum atomic E-state index is 12.5. The van der Waals surface area contributed by atoms with Gasteiger partial charge in [0.15, 0.2) is 5.13 Å². The van der Waals surface area contributed by atoms with E-state index in [1.807, 2.05) is 12.3 Å². The quantitative estimate of drug-likeness (QED) is 0.562. The van der Waals surface area contributed by atoms with Gasteiger partial charge in [-0.3, -0.25) is 4.72 Å². The Kier molecular flexibility index (Phi) is 5.51. The number of rotatable bonds is 5. The molecule has 1 aliphatic carbocycles. The molecule has 0 unspecified atom stereocenters. The molecule has 4 rings (SSSR count). The molecule has 1 aromatic heterocycles. The first kappa shape index (κ1) is 19.2. The van der Waals surface area contributed by atoms with Gasteiger partial charge in [-0.25, -0.2) is 13.4 Å². The van der Waals surface area contributed by atoms with E-state index >= 15 is 0 Å². The van der Waals surface area contributed by atoms with E-state index in [9.17, 15) is 8.42 Å². The molecule has 0 radical (unpaired) electrons. The zero-order valence-corrected chi connectivity index (χ0v) is 17.5. The highest BCUT2D eigenvalue weighted by Crippen LogP contribution is 2.34. The van der Waals surface area contributed by atoms with E-state index in [2.05, 4.69) is 34.0 Å². The normalized spacial score (nSPS) is 15.5. The third kappa shape index (κ3) is 4.28. The average molecular weight is 413 g/mol. The van der Waals surface area contributed by atoms with Gasteiger partial charge in [0.25, 0.3) is 10.0 Å².